The van der Waals surface area contributed by atoms with Crippen LogP contribution in [0.5, 0.6) is 23.0 Å². The highest BCUT2D eigenvalue weighted by atomic mass is 16.6. The van der Waals surface area contributed by atoms with Gasteiger partial charge in [-0.05, 0) is 55.2 Å². The molecule has 1 N–H and O–H groups in total. The van der Waals surface area contributed by atoms with Crippen LogP contribution in [0.15, 0.2) is 36.4 Å². The minimum absolute atomic E-state index is 0.00808. The van der Waals surface area contributed by atoms with E-state index in [0.717, 1.165) is 0 Å². The molecule has 0 fully saturated rings. The molecule has 0 aliphatic rings. The van der Waals surface area contributed by atoms with E-state index in [9.17, 15) is 20.5 Å². The molecule has 9 nitrogen and oxygen atoms in total. The molecule has 3 unspecified atom stereocenters. The molecule has 0 aromatic heterocycles. The highest BCUT2D eigenvalue weighted by molar-refractivity contribution is 5.47. The van der Waals surface area contributed by atoms with Crippen LogP contribution in [0, 0.1) is 21.4 Å². The van der Waals surface area contributed by atoms with Crippen molar-refractivity contribution in [2.24, 2.45) is 0 Å². The number of nitro groups is 1. The number of hydrogen-bond donors (Lipinski definition) is 1. The van der Waals surface area contributed by atoms with Gasteiger partial charge in [0.05, 0.1) is 39.9 Å². The third-order valence-electron chi connectivity index (χ3n) is 5.82. The van der Waals surface area contributed by atoms with Gasteiger partial charge in [-0.25, -0.2) is 0 Å². The zero-order chi connectivity index (χ0) is 24.6. The molecule has 0 aliphatic carbocycles. The molecule has 0 aliphatic heterocycles. The summed E-state index contributed by atoms with van der Waals surface area (Å²) < 4.78 is 21.0. The van der Waals surface area contributed by atoms with Gasteiger partial charge in [0.1, 0.15) is 6.10 Å². The lowest BCUT2D eigenvalue weighted by atomic mass is 9.78. The summed E-state index contributed by atoms with van der Waals surface area (Å²) in [6, 6.07) is 11.2. The monoisotopic (exact) mass is 458 g/mol. The Hall–Kier alpha value is -3.51. The molecule has 0 amide bonds. The van der Waals surface area contributed by atoms with E-state index in [1.54, 1.807) is 43.3 Å². The van der Waals surface area contributed by atoms with E-state index in [1.165, 1.54) is 28.4 Å². The second kappa shape index (κ2) is 11.4. The van der Waals surface area contributed by atoms with Crippen LogP contribution in [0.3, 0.4) is 0 Å². The summed E-state index contributed by atoms with van der Waals surface area (Å²) in [4.78, 5) is 11.3. The summed E-state index contributed by atoms with van der Waals surface area (Å²) >= 11 is 0. The standard InChI is InChI=1S/C24H30N2O7/c1-24(15-25,17-7-9-21(31-3)23(14-17)33-5)11-10-19(27)18(26(28)29)12-16-6-8-20(30-2)22(13-16)32-4/h6-9,13-14,18-19,27H,10-12H2,1-5H3. The molecule has 0 saturated heterocycles. The normalized spacial score (nSPS) is 14.3. The van der Waals surface area contributed by atoms with Gasteiger partial charge in [-0.3, -0.25) is 10.1 Å². The topological polar surface area (TPSA) is 124 Å². The van der Waals surface area contributed by atoms with Crippen molar-refractivity contribution in [1.82, 2.24) is 0 Å². The number of ether oxygens (including phenoxy) is 4. The van der Waals surface area contributed by atoms with Gasteiger partial charge in [0.25, 0.3) is 0 Å². The summed E-state index contributed by atoms with van der Waals surface area (Å²) in [5.74, 6) is 1.98. The molecule has 2 aromatic rings. The average molecular weight is 459 g/mol. The van der Waals surface area contributed by atoms with E-state index in [4.69, 9.17) is 18.9 Å². The van der Waals surface area contributed by atoms with Gasteiger partial charge >= 0.3 is 0 Å². The number of rotatable bonds is 12. The first-order chi connectivity index (χ1) is 15.7. The van der Waals surface area contributed by atoms with Crippen molar-refractivity contribution in [3.8, 4) is 29.1 Å². The van der Waals surface area contributed by atoms with Crippen LogP contribution in [0.2, 0.25) is 0 Å². The lowest BCUT2D eigenvalue weighted by Crippen LogP contribution is -2.37. The van der Waals surface area contributed by atoms with Crippen molar-refractivity contribution in [3.63, 3.8) is 0 Å². The molecule has 2 aromatic carbocycles. The SMILES string of the molecule is COc1ccc(CC(C(O)CCC(C)(C#N)c2ccc(OC)c(OC)c2)[N+](=O)[O-])cc1OC. The Labute approximate surface area is 193 Å². The molecule has 2 rings (SSSR count). The summed E-state index contributed by atoms with van der Waals surface area (Å²) in [7, 11) is 6.02. The lowest BCUT2D eigenvalue weighted by Gasteiger charge is -2.25. The summed E-state index contributed by atoms with van der Waals surface area (Å²) in [6.45, 7) is 1.73. The largest absolute Gasteiger partial charge is 0.493 e. The number of nitriles is 1. The van der Waals surface area contributed by atoms with Gasteiger partial charge < -0.3 is 24.1 Å². The maximum absolute atomic E-state index is 11.7. The number of methoxy groups -OCH3 is 4. The Balaban J connectivity index is 2.19. The maximum Gasteiger partial charge on any atom is 0.242 e. The number of aliphatic hydroxyl groups excluding tert-OH is 1. The molecular weight excluding hydrogens is 428 g/mol. The predicted octanol–water partition coefficient (Wildman–Crippen LogP) is 3.53. The summed E-state index contributed by atoms with van der Waals surface area (Å²) in [5.41, 5.74) is 0.328. The molecule has 3 atom stereocenters. The van der Waals surface area contributed by atoms with Crippen molar-refractivity contribution < 1.29 is 29.0 Å². The number of benzene rings is 2. The molecule has 178 valence electrons. The van der Waals surface area contributed by atoms with Crippen molar-refractivity contribution in [2.75, 3.05) is 28.4 Å². The fourth-order valence-electron chi connectivity index (χ4n) is 3.67. The van der Waals surface area contributed by atoms with E-state index in [2.05, 4.69) is 6.07 Å². The number of nitrogens with zero attached hydrogens (tertiary/aromatic N) is 2. The number of hydrogen-bond acceptors (Lipinski definition) is 8. The minimum Gasteiger partial charge on any atom is -0.493 e. The first-order valence-corrected chi connectivity index (χ1v) is 10.4. The molecule has 0 bridgehead atoms. The van der Waals surface area contributed by atoms with Crippen molar-refractivity contribution in [2.45, 2.75) is 43.7 Å². The van der Waals surface area contributed by atoms with Crippen LogP contribution >= 0.6 is 0 Å². The smallest absolute Gasteiger partial charge is 0.242 e. The molecular formula is C24H30N2O7. The van der Waals surface area contributed by atoms with E-state index in [-0.39, 0.29) is 19.3 Å². The second-order valence-corrected chi connectivity index (χ2v) is 7.87. The van der Waals surface area contributed by atoms with Crippen LogP contribution in [0.25, 0.3) is 0 Å². The quantitative estimate of drug-likeness (QED) is 0.378. The third kappa shape index (κ3) is 6.05. The van der Waals surface area contributed by atoms with Gasteiger partial charge in [0, 0.05) is 11.3 Å². The molecule has 0 saturated carbocycles. The van der Waals surface area contributed by atoms with Gasteiger partial charge in [-0.15, -0.1) is 0 Å². The Bertz CT molecular complexity index is 1000. The van der Waals surface area contributed by atoms with Gasteiger partial charge in [-0.1, -0.05) is 12.1 Å². The highest BCUT2D eigenvalue weighted by Crippen LogP contribution is 2.36. The zero-order valence-corrected chi connectivity index (χ0v) is 19.5. The van der Waals surface area contributed by atoms with Crippen LogP contribution in [-0.4, -0.2) is 50.6 Å². The van der Waals surface area contributed by atoms with Crippen molar-refractivity contribution in [1.29, 1.82) is 5.26 Å². The van der Waals surface area contributed by atoms with E-state index in [0.29, 0.717) is 34.1 Å². The van der Waals surface area contributed by atoms with Crippen molar-refractivity contribution in [3.05, 3.63) is 57.6 Å². The minimum atomic E-state index is -1.25. The fourth-order valence-corrected chi connectivity index (χ4v) is 3.67. The Morgan fingerprint density at radius 2 is 1.55 bits per heavy atom. The molecule has 9 heteroatoms. The third-order valence-corrected chi connectivity index (χ3v) is 5.82. The van der Waals surface area contributed by atoms with Crippen LogP contribution in [-0.2, 0) is 11.8 Å². The zero-order valence-electron chi connectivity index (χ0n) is 19.5. The van der Waals surface area contributed by atoms with E-state index in [1.807, 2.05) is 0 Å². The molecule has 0 heterocycles. The van der Waals surface area contributed by atoms with E-state index >= 15 is 0 Å². The first kappa shape index (κ1) is 25.7. The number of aliphatic hydroxyl groups is 1. The summed E-state index contributed by atoms with van der Waals surface area (Å²) in [6.07, 6.45) is -0.956. The Morgan fingerprint density at radius 3 is 2.06 bits per heavy atom. The Kier molecular flexibility index (Phi) is 8.88. The molecule has 33 heavy (non-hydrogen) atoms. The van der Waals surface area contributed by atoms with Gasteiger partial charge in [-0.2, -0.15) is 5.26 Å². The molecule has 0 radical (unpaired) electrons. The maximum atomic E-state index is 11.7. The first-order valence-electron chi connectivity index (χ1n) is 10.4. The Morgan fingerprint density at radius 1 is 1.00 bits per heavy atom. The predicted molar refractivity (Wildman–Crippen MR) is 122 cm³/mol. The van der Waals surface area contributed by atoms with Crippen LogP contribution < -0.4 is 18.9 Å². The highest BCUT2D eigenvalue weighted by Gasteiger charge is 2.34. The van der Waals surface area contributed by atoms with Gasteiger partial charge in [0.15, 0.2) is 23.0 Å². The summed E-state index contributed by atoms with van der Waals surface area (Å²) in [5, 5.41) is 32.3. The lowest BCUT2D eigenvalue weighted by molar-refractivity contribution is -0.534. The second-order valence-electron chi connectivity index (χ2n) is 7.87. The van der Waals surface area contributed by atoms with Crippen molar-refractivity contribution >= 4 is 0 Å². The van der Waals surface area contributed by atoms with E-state index < -0.39 is 22.5 Å². The molecule has 0 spiro atoms. The van der Waals surface area contributed by atoms with Gasteiger partial charge in [0.2, 0.25) is 6.04 Å². The van der Waals surface area contributed by atoms with Crippen LogP contribution in [0.4, 0.5) is 0 Å². The fraction of sp³-hybridized carbons (Fsp3) is 0.458. The average Bonchev–Trinajstić information content (AvgIpc) is 2.84. The van der Waals surface area contributed by atoms with Crippen LogP contribution in [0.1, 0.15) is 30.9 Å².